The van der Waals surface area contributed by atoms with Crippen LogP contribution in [-0.4, -0.2) is 31.5 Å². The molecule has 0 unspecified atom stereocenters. The van der Waals surface area contributed by atoms with Crippen molar-refractivity contribution in [1.29, 1.82) is 0 Å². The second-order valence-electron chi connectivity index (χ2n) is 6.25. The van der Waals surface area contributed by atoms with Gasteiger partial charge in [-0.25, -0.2) is 9.36 Å². The minimum absolute atomic E-state index is 0.0432. The molecule has 0 aliphatic carbocycles. The summed E-state index contributed by atoms with van der Waals surface area (Å²) in [6, 6.07) is 12.1. The molecule has 2 atom stereocenters. The van der Waals surface area contributed by atoms with E-state index in [1.807, 2.05) is 46.0 Å². The molecule has 0 N–H and O–H groups in total. The minimum Gasteiger partial charge on any atom is -0.290 e. The zero-order valence-electron chi connectivity index (χ0n) is 13.7. The molecule has 0 saturated carbocycles. The number of carbonyl (C=O) groups excluding carboxylic acids is 1. The Morgan fingerprint density at radius 3 is 2.67 bits per heavy atom. The van der Waals surface area contributed by atoms with E-state index < -0.39 is 0 Å². The summed E-state index contributed by atoms with van der Waals surface area (Å²) >= 11 is 0. The average Bonchev–Trinajstić information content (AvgIpc) is 3.25. The summed E-state index contributed by atoms with van der Waals surface area (Å²) in [4.78, 5) is 14.9. The number of anilines is 1. The van der Waals surface area contributed by atoms with E-state index in [-0.39, 0.29) is 11.9 Å². The Hall–Kier alpha value is -2.89. The molecule has 1 amide bonds. The van der Waals surface area contributed by atoms with Crippen molar-refractivity contribution in [3.63, 3.8) is 0 Å². The predicted octanol–water partition coefficient (Wildman–Crippen LogP) is 3.07. The molecule has 3 aromatic rings. The van der Waals surface area contributed by atoms with Crippen LogP contribution in [0.15, 0.2) is 55.0 Å². The van der Waals surface area contributed by atoms with Gasteiger partial charge < -0.3 is 0 Å². The second-order valence-corrected chi connectivity index (χ2v) is 6.25. The predicted molar refractivity (Wildman–Crippen MR) is 91.4 cm³/mol. The number of aromatic nitrogens is 4. The van der Waals surface area contributed by atoms with Crippen LogP contribution in [0.4, 0.5) is 5.82 Å². The third kappa shape index (κ3) is 2.31. The van der Waals surface area contributed by atoms with E-state index in [9.17, 15) is 4.79 Å². The second kappa shape index (κ2) is 5.63. The van der Waals surface area contributed by atoms with Gasteiger partial charge in [0.2, 0.25) is 0 Å². The zero-order chi connectivity index (χ0) is 16.7. The number of hydrogen-bond donors (Lipinski definition) is 0. The van der Waals surface area contributed by atoms with Gasteiger partial charge in [0.25, 0.3) is 5.91 Å². The molecule has 0 radical (unpaired) electrons. The van der Waals surface area contributed by atoms with Gasteiger partial charge in [0.15, 0.2) is 0 Å². The molecule has 2 aromatic heterocycles. The summed E-state index contributed by atoms with van der Waals surface area (Å²) in [5.74, 6) is 0.803. The summed E-state index contributed by atoms with van der Waals surface area (Å²) < 4.78 is 3.64. The molecule has 4 rings (SSSR count). The number of benzene rings is 1. The number of nitrogens with zero attached hydrogens (tertiary/aromatic N) is 5. The van der Waals surface area contributed by atoms with Gasteiger partial charge in [0.1, 0.15) is 5.82 Å². The lowest BCUT2D eigenvalue weighted by Gasteiger charge is -2.36. The number of hydrogen-bond acceptors (Lipinski definition) is 3. The highest BCUT2D eigenvalue weighted by atomic mass is 16.2. The summed E-state index contributed by atoms with van der Waals surface area (Å²) in [6.45, 7) is 4.20. The molecule has 24 heavy (non-hydrogen) atoms. The van der Waals surface area contributed by atoms with Gasteiger partial charge in [-0.1, -0.05) is 18.2 Å². The molecule has 1 aliphatic heterocycles. The Labute approximate surface area is 140 Å². The molecule has 1 aliphatic rings. The first-order valence-corrected chi connectivity index (χ1v) is 8.12. The highest BCUT2D eigenvalue weighted by Gasteiger charge is 2.33. The maximum Gasteiger partial charge on any atom is 0.262 e. The third-order valence-electron chi connectivity index (χ3n) is 4.51. The normalized spacial score (nSPS) is 20.0. The van der Waals surface area contributed by atoms with E-state index in [2.05, 4.69) is 24.0 Å². The molecule has 1 aromatic carbocycles. The van der Waals surface area contributed by atoms with Crippen molar-refractivity contribution in [1.82, 2.24) is 19.6 Å². The Morgan fingerprint density at radius 2 is 1.88 bits per heavy atom. The third-order valence-corrected chi connectivity index (χ3v) is 4.51. The average molecular weight is 321 g/mol. The van der Waals surface area contributed by atoms with E-state index in [0.717, 1.165) is 17.9 Å². The minimum atomic E-state index is -0.0432. The van der Waals surface area contributed by atoms with E-state index in [0.29, 0.717) is 11.6 Å². The lowest BCUT2D eigenvalue weighted by atomic mass is 10.0. The molecule has 0 spiro atoms. The molecule has 6 nitrogen and oxygen atoms in total. The van der Waals surface area contributed by atoms with Crippen molar-refractivity contribution in [2.75, 3.05) is 4.90 Å². The quantitative estimate of drug-likeness (QED) is 0.729. The van der Waals surface area contributed by atoms with Gasteiger partial charge in [0.05, 0.1) is 29.7 Å². The van der Waals surface area contributed by atoms with Crippen LogP contribution in [0.25, 0.3) is 5.69 Å². The van der Waals surface area contributed by atoms with Gasteiger partial charge in [0, 0.05) is 18.3 Å². The lowest BCUT2D eigenvalue weighted by molar-refractivity contribution is 0.0966. The van der Waals surface area contributed by atoms with Crippen molar-refractivity contribution in [2.45, 2.75) is 32.4 Å². The fourth-order valence-electron chi connectivity index (χ4n) is 3.36. The molecular formula is C18H19N5O. The highest BCUT2D eigenvalue weighted by Crippen LogP contribution is 2.32. The van der Waals surface area contributed by atoms with Crippen LogP contribution in [0.1, 0.15) is 36.7 Å². The first kappa shape index (κ1) is 14.7. The summed E-state index contributed by atoms with van der Waals surface area (Å²) in [7, 11) is 0. The standard InChI is InChI=1S/C18H19N5O/c1-13-10-14(2)23-17(8-9-19-23)22(13)18(24)15-11-20-21(12-15)16-6-4-3-5-7-16/h3-9,11-14H,10H2,1-2H3/t13-,14-/m0/s1. The number of fused-ring (bicyclic) bond motifs is 1. The highest BCUT2D eigenvalue weighted by molar-refractivity contribution is 6.06. The van der Waals surface area contributed by atoms with E-state index in [1.165, 1.54) is 0 Å². The van der Waals surface area contributed by atoms with Crippen LogP contribution in [-0.2, 0) is 0 Å². The first-order chi connectivity index (χ1) is 11.6. The van der Waals surface area contributed by atoms with E-state index >= 15 is 0 Å². The van der Waals surface area contributed by atoms with Gasteiger partial charge in [-0.2, -0.15) is 10.2 Å². The monoisotopic (exact) mass is 321 g/mol. The van der Waals surface area contributed by atoms with Crippen LogP contribution >= 0.6 is 0 Å². The molecular weight excluding hydrogens is 302 g/mol. The van der Waals surface area contributed by atoms with Crippen LogP contribution in [0, 0.1) is 0 Å². The zero-order valence-corrected chi connectivity index (χ0v) is 13.7. The summed E-state index contributed by atoms with van der Waals surface area (Å²) in [5, 5.41) is 8.69. The Bertz CT molecular complexity index is 866. The molecule has 122 valence electrons. The van der Waals surface area contributed by atoms with Crippen molar-refractivity contribution < 1.29 is 4.79 Å². The maximum atomic E-state index is 13.1. The molecule has 6 heteroatoms. The summed E-state index contributed by atoms with van der Waals surface area (Å²) in [5.41, 5.74) is 1.51. The lowest BCUT2D eigenvalue weighted by Crippen LogP contribution is -2.44. The van der Waals surface area contributed by atoms with E-state index in [4.69, 9.17) is 0 Å². The van der Waals surface area contributed by atoms with Crippen LogP contribution < -0.4 is 4.90 Å². The van der Waals surface area contributed by atoms with Crippen LogP contribution in [0.2, 0.25) is 0 Å². The Kier molecular flexibility index (Phi) is 3.45. The smallest absolute Gasteiger partial charge is 0.262 e. The van der Waals surface area contributed by atoms with Crippen LogP contribution in [0.5, 0.6) is 0 Å². The largest absolute Gasteiger partial charge is 0.290 e. The Balaban J connectivity index is 1.68. The molecule has 3 heterocycles. The summed E-state index contributed by atoms with van der Waals surface area (Å²) in [6.07, 6.45) is 6.04. The van der Waals surface area contributed by atoms with Gasteiger partial charge in [-0.05, 0) is 32.4 Å². The fraction of sp³-hybridized carbons (Fsp3) is 0.278. The van der Waals surface area contributed by atoms with Gasteiger partial charge in [-0.3, -0.25) is 9.69 Å². The number of amides is 1. The number of para-hydroxylation sites is 1. The van der Waals surface area contributed by atoms with Gasteiger partial charge >= 0.3 is 0 Å². The first-order valence-electron chi connectivity index (χ1n) is 8.12. The number of rotatable bonds is 2. The maximum absolute atomic E-state index is 13.1. The SMILES string of the molecule is C[C@H]1C[C@H](C)n2nccc2N1C(=O)c1cnn(-c2ccccc2)c1. The number of carbonyl (C=O) groups is 1. The van der Waals surface area contributed by atoms with Gasteiger partial charge in [-0.15, -0.1) is 0 Å². The van der Waals surface area contributed by atoms with Crippen LogP contribution in [0.3, 0.4) is 0 Å². The molecule has 0 saturated heterocycles. The Morgan fingerprint density at radius 1 is 1.08 bits per heavy atom. The fourth-order valence-corrected chi connectivity index (χ4v) is 3.36. The van der Waals surface area contributed by atoms with Crippen molar-refractivity contribution >= 4 is 11.7 Å². The van der Waals surface area contributed by atoms with Crippen molar-refractivity contribution in [3.05, 3.63) is 60.6 Å². The van der Waals surface area contributed by atoms with Crippen molar-refractivity contribution in [3.8, 4) is 5.69 Å². The van der Waals surface area contributed by atoms with Crippen molar-refractivity contribution in [2.24, 2.45) is 0 Å². The topological polar surface area (TPSA) is 56.0 Å². The van der Waals surface area contributed by atoms with E-state index in [1.54, 1.807) is 23.3 Å². The molecule has 0 fully saturated rings. The molecule has 0 bridgehead atoms.